The molecule has 19 heavy (non-hydrogen) atoms. The minimum Gasteiger partial charge on any atom is -0.484 e. The first-order valence-electron chi connectivity index (χ1n) is 5.71. The molecule has 1 N–H and O–H groups in total. The lowest BCUT2D eigenvalue weighted by molar-refractivity contribution is 0.0690. The Kier molecular flexibility index (Phi) is 3.74. The lowest BCUT2D eigenvalue weighted by atomic mass is 10.2. The van der Waals surface area contributed by atoms with Gasteiger partial charge in [-0.2, -0.15) is 4.98 Å². The molecule has 0 aliphatic heterocycles. The summed E-state index contributed by atoms with van der Waals surface area (Å²) in [6, 6.07) is 2.90. The molecule has 0 spiro atoms. The van der Waals surface area contributed by atoms with Crippen molar-refractivity contribution < 1.29 is 19.2 Å². The summed E-state index contributed by atoms with van der Waals surface area (Å²) in [6.45, 7) is 4.05. The van der Waals surface area contributed by atoms with Gasteiger partial charge < -0.3 is 14.4 Å². The molecule has 0 saturated carbocycles. The van der Waals surface area contributed by atoms with E-state index in [-0.39, 0.29) is 18.2 Å². The van der Waals surface area contributed by atoms with E-state index in [1.54, 1.807) is 0 Å². The predicted octanol–water partition coefficient (Wildman–Crippen LogP) is 1.87. The molecule has 100 valence electrons. The van der Waals surface area contributed by atoms with Crippen molar-refractivity contribution in [2.24, 2.45) is 0 Å². The van der Waals surface area contributed by atoms with Crippen LogP contribution in [0.25, 0.3) is 0 Å². The highest BCUT2D eigenvalue weighted by molar-refractivity contribution is 5.85. The van der Waals surface area contributed by atoms with E-state index in [0.29, 0.717) is 17.5 Å². The van der Waals surface area contributed by atoms with Crippen LogP contribution in [0.5, 0.6) is 5.75 Å². The van der Waals surface area contributed by atoms with Crippen LogP contribution in [0.2, 0.25) is 0 Å². The highest BCUT2D eigenvalue weighted by atomic mass is 16.5. The molecule has 0 saturated heterocycles. The lowest BCUT2D eigenvalue weighted by Crippen LogP contribution is -2.02. The molecule has 0 aliphatic carbocycles. The second-order valence-electron chi connectivity index (χ2n) is 4.18. The number of aromatic nitrogens is 3. The lowest BCUT2D eigenvalue weighted by Gasteiger charge is -2.02. The van der Waals surface area contributed by atoms with Gasteiger partial charge in [0, 0.05) is 5.92 Å². The molecular weight excluding hydrogens is 250 g/mol. The van der Waals surface area contributed by atoms with E-state index in [0.717, 1.165) is 0 Å². The Balaban J connectivity index is 1.96. The molecule has 7 nitrogen and oxygen atoms in total. The third kappa shape index (κ3) is 3.27. The number of carboxylic acid groups (broad SMARTS) is 1. The second-order valence-corrected chi connectivity index (χ2v) is 4.18. The van der Waals surface area contributed by atoms with Crippen LogP contribution in [0, 0.1) is 0 Å². The molecule has 7 heteroatoms. The van der Waals surface area contributed by atoms with Crippen molar-refractivity contribution in [3.05, 3.63) is 35.7 Å². The molecule has 2 heterocycles. The average molecular weight is 263 g/mol. The van der Waals surface area contributed by atoms with E-state index in [1.807, 2.05) is 13.8 Å². The molecule has 0 radical (unpaired) electrons. The monoisotopic (exact) mass is 263 g/mol. The molecule has 0 amide bonds. The largest absolute Gasteiger partial charge is 0.484 e. The van der Waals surface area contributed by atoms with E-state index in [9.17, 15) is 4.79 Å². The minimum absolute atomic E-state index is 0.0333. The van der Waals surface area contributed by atoms with E-state index < -0.39 is 5.97 Å². The van der Waals surface area contributed by atoms with Crippen LogP contribution in [0.1, 0.15) is 42.0 Å². The van der Waals surface area contributed by atoms with Crippen LogP contribution in [-0.4, -0.2) is 26.2 Å². The molecule has 0 fully saturated rings. The van der Waals surface area contributed by atoms with Gasteiger partial charge in [0.15, 0.2) is 6.61 Å². The first kappa shape index (κ1) is 13.0. The smallest absolute Gasteiger partial charge is 0.354 e. The third-order valence-electron chi connectivity index (χ3n) is 2.30. The van der Waals surface area contributed by atoms with Crippen LogP contribution in [0.3, 0.4) is 0 Å². The summed E-state index contributed by atoms with van der Waals surface area (Å²) < 4.78 is 10.4. The Bertz CT molecular complexity index is 563. The zero-order valence-corrected chi connectivity index (χ0v) is 10.5. The molecule has 0 atom stereocenters. The van der Waals surface area contributed by atoms with Gasteiger partial charge >= 0.3 is 5.97 Å². The minimum atomic E-state index is -1.08. The van der Waals surface area contributed by atoms with Gasteiger partial charge in [0.1, 0.15) is 11.4 Å². The van der Waals surface area contributed by atoms with E-state index in [1.165, 1.54) is 18.3 Å². The van der Waals surface area contributed by atoms with Crippen molar-refractivity contribution in [3.63, 3.8) is 0 Å². The zero-order chi connectivity index (χ0) is 13.8. The topological polar surface area (TPSA) is 98.3 Å². The van der Waals surface area contributed by atoms with Crippen molar-refractivity contribution in [1.29, 1.82) is 0 Å². The van der Waals surface area contributed by atoms with Gasteiger partial charge in [0.05, 0.1) is 6.20 Å². The maximum absolute atomic E-state index is 10.6. The van der Waals surface area contributed by atoms with Crippen molar-refractivity contribution in [2.45, 2.75) is 26.4 Å². The van der Waals surface area contributed by atoms with Crippen LogP contribution < -0.4 is 4.74 Å². The van der Waals surface area contributed by atoms with Gasteiger partial charge in [-0.3, -0.25) is 0 Å². The number of hydrogen-bond acceptors (Lipinski definition) is 6. The molecule has 2 aromatic rings. The molecule has 0 aromatic carbocycles. The summed E-state index contributed by atoms with van der Waals surface area (Å²) in [5.74, 6) is 0.522. The van der Waals surface area contributed by atoms with Crippen molar-refractivity contribution in [3.8, 4) is 5.75 Å². The molecule has 0 aliphatic rings. The normalized spacial score (nSPS) is 10.7. The van der Waals surface area contributed by atoms with Crippen LogP contribution in [0.4, 0.5) is 0 Å². The number of carboxylic acids is 1. The number of hydrogen-bond donors (Lipinski definition) is 1. The fraction of sp³-hybridized carbons (Fsp3) is 0.333. The average Bonchev–Trinajstić information content (AvgIpc) is 2.86. The number of ether oxygens (including phenoxy) is 1. The number of rotatable bonds is 5. The van der Waals surface area contributed by atoms with Crippen LogP contribution in [0.15, 0.2) is 22.9 Å². The Morgan fingerprint density at radius 2 is 2.26 bits per heavy atom. The summed E-state index contributed by atoms with van der Waals surface area (Å²) in [5.41, 5.74) is -0.0333. The first-order chi connectivity index (χ1) is 9.06. The highest BCUT2D eigenvalue weighted by Crippen LogP contribution is 2.13. The van der Waals surface area contributed by atoms with Crippen LogP contribution >= 0.6 is 0 Å². The highest BCUT2D eigenvalue weighted by Gasteiger charge is 2.10. The maximum Gasteiger partial charge on any atom is 0.354 e. The van der Waals surface area contributed by atoms with Crippen molar-refractivity contribution in [2.75, 3.05) is 0 Å². The molecular formula is C12H13N3O4. The Morgan fingerprint density at radius 3 is 2.79 bits per heavy atom. The van der Waals surface area contributed by atoms with Gasteiger partial charge in [-0.15, -0.1) is 0 Å². The van der Waals surface area contributed by atoms with Crippen molar-refractivity contribution in [1.82, 2.24) is 15.1 Å². The van der Waals surface area contributed by atoms with Gasteiger partial charge in [0.25, 0.3) is 0 Å². The fourth-order valence-corrected chi connectivity index (χ4v) is 1.30. The molecule has 0 bridgehead atoms. The van der Waals surface area contributed by atoms with Gasteiger partial charge in [-0.1, -0.05) is 19.0 Å². The SMILES string of the molecule is CC(C)c1nc(COc2ccc(C(=O)O)nc2)no1. The Labute approximate surface area is 109 Å². The first-order valence-corrected chi connectivity index (χ1v) is 5.71. The summed E-state index contributed by atoms with van der Waals surface area (Å²) in [5, 5.41) is 12.5. The zero-order valence-electron chi connectivity index (χ0n) is 10.5. The number of pyridine rings is 1. The van der Waals surface area contributed by atoms with Gasteiger partial charge in [-0.25, -0.2) is 9.78 Å². The Hall–Kier alpha value is -2.44. The standard InChI is InChI=1S/C12H13N3O4/c1-7(2)11-14-10(15-19-11)6-18-8-3-4-9(12(16)17)13-5-8/h3-5,7H,6H2,1-2H3,(H,16,17). The second kappa shape index (κ2) is 5.47. The number of carbonyl (C=O) groups is 1. The quantitative estimate of drug-likeness (QED) is 0.878. The summed E-state index contributed by atoms with van der Waals surface area (Å²) in [4.78, 5) is 18.5. The van der Waals surface area contributed by atoms with E-state index >= 15 is 0 Å². The molecule has 2 rings (SSSR count). The molecule has 2 aromatic heterocycles. The number of aromatic carboxylic acids is 1. The van der Waals surface area contributed by atoms with E-state index in [2.05, 4.69) is 15.1 Å². The van der Waals surface area contributed by atoms with E-state index in [4.69, 9.17) is 14.4 Å². The Morgan fingerprint density at radius 1 is 1.47 bits per heavy atom. The number of nitrogens with zero attached hydrogens (tertiary/aromatic N) is 3. The summed E-state index contributed by atoms with van der Waals surface area (Å²) >= 11 is 0. The van der Waals surface area contributed by atoms with Crippen molar-refractivity contribution >= 4 is 5.97 Å². The maximum atomic E-state index is 10.6. The van der Waals surface area contributed by atoms with Crippen LogP contribution in [-0.2, 0) is 6.61 Å². The van der Waals surface area contributed by atoms with Gasteiger partial charge in [-0.05, 0) is 12.1 Å². The predicted molar refractivity (Wildman–Crippen MR) is 63.9 cm³/mol. The summed E-state index contributed by atoms with van der Waals surface area (Å²) in [6.07, 6.45) is 1.34. The summed E-state index contributed by atoms with van der Waals surface area (Å²) in [7, 11) is 0. The molecule has 0 unspecified atom stereocenters. The van der Waals surface area contributed by atoms with Gasteiger partial charge in [0.2, 0.25) is 11.7 Å². The third-order valence-corrected chi connectivity index (χ3v) is 2.30. The fourth-order valence-electron chi connectivity index (χ4n) is 1.30.